The average molecular weight is 331 g/mol. The van der Waals surface area contributed by atoms with Crippen molar-refractivity contribution in [1.82, 2.24) is 0 Å². The second-order valence-electron chi connectivity index (χ2n) is 3.92. The molecule has 2 aromatic rings. The van der Waals surface area contributed by atoms with Gasteiger partial charge in [-0.05, 0) is 42.0 Å². The fourth-order valence-corrected chi connectivity index (χ4v) is 2.23. The van der Waals surface area contributed by atoms with E-state index in [1.54, 1.807) is 36.4 Å². The smallest absolute Gasteiger partial charge is 0.119 e. The Morgan fingerprint density at radius 3 is 2.30 bits per heavy atom. The van der Waals surface area contributed by atoms with Crippen LogP contribution in [0.25, 0.3) is 0 Å². The largest absolute Gasteiger partial charge is 0.489 e. The Morgan fingerprint density at radius 2 is 1.65 bits per heavy atom. The van der Waals surface area contributed by atoms with Crippen LogP contribution in [0.5, 0.6) is 5.75 Å². The van der Waals surface area contributed by atoms with Gasteiger partial charge in [0.05, 0.1) is 16.3 Å². The fourth-order valence-electron chi connectivity index (χ4n) is 1.57. The lowest BCUT2D eigenvalue weighted by molar-refractivity contribution is 0.306. The summed E-state index contributed by atoms with van der Waals surface area (Å²) in [5, 5.41) is 12.7. The molecule has 1 N–H and O–H groups in total. The topological polar surface area (TPSA) is 41.8 Å². The SMILES string of the molecule is ON=Cc1ccc(OCc2c(Cl)ccc(Cl)c2Cl)cc1. The van der Waals surface area contributed by atoms with Crippen LogP contribution in [-0.2, 0) is 6.61 Å². The van der Waals surface area contributed by atoms with E-state index in [0.29, 0.717) is 26.4 Å². The molecule has 0 aliphatic heterocycles. The summed E-state index contributed by atoms with van der Waals surface area (Å²) in [5.41, 5.74) is 1.40. The Bertz CT molecular complexity index is 627. The average Bonchev–Trinajstić information content (AvgIpc) is 2.45. The number of hydrogen-bond acceptors (Lipinski definition) is 3. The Labute approximate surface area is 131 Å². The highest BCUT2D eigenvalue weighted by molar-refractivity contribution is 6.44. The molecule has 0 saturated heterocycles. The number of rotatable bonds is 4. The van der Waals surface area contributed by atoms with Crippen LogP contribution in [-0.4, -0.2) is 11.4 Å². The molecule has 0 aromatic heterocycles. The molecule has 6 heteroatoms. The normalized spacial score (nSPS) is 10.9. The van der Waals surface area contributed by atoms with E-state index in [1.807, 2.05) is 0 Å². The molecule has 20 heavy (non-hydrogen) atoms. The van der Waals surface area contributed by atoms with Crippen molar-refractivity contribution in [3.8, 4) is 5.75 Å². The van der Waals surface area contributed by atoms with Gasteiger partial charge in [-0.25, -0.2) is 0 Å². The molecule has 0 amide bonds. The van der Waals surface area contributed by atoms with Crippen LogP contribution in [0.3, 0.4) is 0 Å². The van der Waals surface area contributed by atoms with Crippen LogP contribution in [0.2, 0.25) is 15.1 Å². The first-order valence-corrected chi connectivity index (χ1v) is 6.78. The predicted molar refractivity (Wildman–Crippen MR) is 81.6 cm³/mol. The molecule has 2 rings (SSSR count). The molecule has 0 radical (unpaired) electrons. The number of ether oxygens (including phenoxy) is 1. The summed E-state index contributed by atoms with van der Waals surface area (Å²) in [5.74, 6) is 0.646. The van der Waals surface area contributed by atoms with Crippen LogP contribution in [0.15, 0.2) is 41.6 Å². The van der Waals surface area contributed by atoms with E-state index in [1.165, 1.54) is 6.21 Å². The summed E-state index contributed by atoms with van der Waals surface area (Å²) in [7, 11) is 0. The van der Waals surface area contributed by atoms with Gasteiger partial charge in [0.15, 0.2) is 0 Å². The predicted octanol–water partition coefficient (Wildman–Crippen LogP) is 5.03. The lowest BCUT2D eigenvalue weighted by Crippen LogP contribution is -1.98. The van der Waals surface area contributed by atoms with Gasteiger partial charge >= 0.3 is 0 Å². The molecule has 0 fully saturated rings. The number of benzene rings is 2. The van der Waals surface area contributed by atoms with Gasteiger partial charge in [-0.15, -0.1) is 0 Å². The second kappa shape index (κ2) is 6.84. The van der Waals surface area contributed by atoms with E-state index >= 15 is 0 Å². The standard InChI is InChI=1S/C14H10Cl3NO2/c15-12-5-6-13(16)14(17)11(12)8-20-10-3-1-9(2-4-10)7-18-19/h1-7,19H,8H2. The Morgan fingerprint density at radius 1 is 1.00 bits per heavy atom. The summed E-state index contributed by atoms with van der Waals surface area (Å²) in [6, 6.07) is 10.3. The monoisotopic (exact) mass is 329 g/mol. The number of oxime groups is 1. The Balaban J connectivity index is 2.11. The second-order valence-corrected chi connectivity index (χ2v) is 5.12. The molecule has 0 heterocycles. The molecule has 3 nitrogen and oxygen atoms in total. The van der Waals surface area contributed by atoms with E-state index < -0.39 is 0 Å². The molecular formula is C14H10Cl3NO2. The third-order valence-corrected chi connectivity index (χ3v) is 3.81. The third kappa shape index (κ3) is 3.57. The lowest BCUT2D eigenvalue weighted by Gasteiger charge is -2.10. The fraction of sp³-hybridized carbons (Fsp3) is 0.0714. The number of halogens is 3. The van der Waals surface area contributed by atoms with Crippen LogP contribution in [0.4, 0.5) is 0 Å². The van der Waals surface area contributed by atoms with Crippen LogP contribution >= 0.6 is 34.8 Å². The maximum Gasteiger partial charge on any atom is 0.119 e. The zero-order valence-electron chi connectivity index (χ0n) is 10.2. The van der Waals surface area contributed by atoms with Crippen molar-refractivity contribution in [2.24, 2.45) is 5.16 Å². The minimum absolute atomic E-state index is 0.214. The Kier molecular flexibility index (Phi) is 5.12. The van der Waals surface area contributed by atoms with Gasteiger partial charge in [0.1, 0.15) is 12.4 Å². The van der Waals surface area contributed by atoms with Crippen LogP contribution < -0.4 is 4.74 Å². The summed E-state index contributed by atoms with van der Waals surface area (Å²) in [6.45, 7) is 0.214. The first kappa shape index (κ1) is 15.0. The van der Waals surface area contributed by atoms with Gasteiger partial charge in [-0.1, -0.05) is 40.0 Å². The molecule has 0 bridgehead atoms. The van der Waals surface area contributed by atoms with E-state index in [-0.39, 0.29) is 6.61 Å². The first-order chi connectivity index (χ1) is 9.61. The van der Waals surface area contributed by atoms with Crippen molar-refractivity contribution in [2.45, 2.75) is 6.61 Å². The van der Waals surface area contributed by atoms with E-state index in [0.717, 1.165) is 5.56 Å². The van der Waals surface area contributed by atoms with Crippen LogP contribution in [0.1, 0.15) is 11.1 Å². The molecule has 104 valence electrons. The molecule has 0 spiro atoms. The van der Waals surface area contributed by atoms with E-state index in [9.17, 15) is 0 Å². The first-order valence-electron chi connectivity index (χ1n) is 5.64. The maximum atomic E-state index is 8.42. The van der Waals surface area contributed by atoms with E-state index in [2.05, 4.69) is 5.16 Å². The van der Waals surface area contributed by atoms with Gasteiger partial charge in [0.25, 0.3) is 0 Å². The zero-order valence-corrected chi connectivity index (χ0v) is 12.5. The van der Waals surface area contributed by atoms with Crippen molar-refractivity contribution in [1.29, 1.82) is 0 Å². The molecule has 0 saturated carbocycles. The number of hydrogen-bond donors (Lipinski definition) is 1. The zero-order chi connectivity index (χ0) is 14.5. The molecule has 2 aromatic carbocycles. The van der Waals surface area contributed by atoms with Crippen molar-refractivity contribution >= 4 is 41.0 Å². The highest BCUT2D eigenvalue weighted by atomic mass is 35.5. The van der Waals surface area contributed by atoms with Gasteiger partial charge in [0.2, 0.25) is 0 Å². The Hall–Kier alpha value is -1.42. The molecular weight excluding hydrogens is 321 g/mol. The summed E-state index contributed by atoms with van der Waals surface area (Å²) in [4.78, 5) is 0. The number of nitrogens with zero attached hydrogens (tertiary/aromatic N) is 1. The molecule has 0 aliphatic carbocycles. The van der Waals surface area contributed by atoms with Gasteiger partial charge in [-0.2, -0.15) is 0 Å². The highest BCUT2D eigenvalue weighted by Gasteiger charge is 2.10. The summed E-state index contributed by atoms with van der Waals surface area (Å²) >= 11 is 18.1. The van der Waals surface area contributed by atoms with Crippen molar-refractivity contribution in [2.75, 3.05) is 0 Å². The van der Waals surface area contributed by atoms with Gasteiger partial charge < -0.3 is 9.94 Å². The quantitative estimate of drug-likeness (QED) is 0.369. The van der Waals surface area contributed by atoms with Gasteiger partial charge in [-0.3, -0.25) is 0 Å². The third-order valence-electron chi connectivity index (χ3n) is 2.61. The van der Waals surface area contributed by atoms with Crippen molar-refractivity contribution in [3.05, 3.63) is 62.6 Å². The van der Waals surface area contributed by atoms with Crippen molar-refractivity contribution in [3.63, 3.8) is 0 Å². The molecule has 0 atom stereocenters. The minimum Gasteiger partial charge on any atom is -0.489 e. The summed E-state index contributed by atoms with van der Waals surface area (Å²) < 4.78 is 5.61. The molecule has 0 aliphatic rings. The lowest BCUT2D eigenvalue weighted by atomic mass is 10.2. The van der Waals surface area contributed by atoms with Gasteiger partial charge in [0, 0.05) is 10.6 Å². The van der Waals surface area contributed by atoms with E-state index in [4.69, 9.17) is 44.7 Å². The maximum absolute atomic E-state index is 8.42. The minimum atomic E-state index is 0.214. The summed E-state index contributed by atoms with van der Waals surface area (Å²) in [6.07, 6.45) is 1.33. The molecule has 0 unspecified atom stereocenters. The highest BCUT2D eigenvalue weighted by Crippen LogP contribution is 2.32. The van der Waals surface area contributed by atoms with Crippen LogP contribution in [0, 0.1) is 0 Å². The van der Waals surface area contributed by atoms with Crippen molar-refractivity contribution < 1.29 is 9.94 Å².